The molecule has 0 atom stereocenters. The quantitative estimate of drug-likeness (QED) is 0.249. The predicted octanol–water partition coefficient (Wildman–Crippen LogP) is 6.57. The van der Waals surface area contributed by atoms with Crippen molar-refractivity contribution in [1.29, 1.82) is 0 Å². The van der Waals surface area contributed by atoms with Gasteiger partial charge in [0, 0.05) is 17.8 Å². The lowest BCUT2D eigenvalue weighted by Crippen LogP contribution is -2.09. The van der Waals surface area contributed by atoms with Crippen LogP contribution < -0.4 is 4.74 Å². The molecule has 7 nitrogen and oxygen atoms in total. The minimum atomic E-state index is -1.16. The van der Waals surface area contributed by atoms with Crippen molar-refractivity contribution in [3.05, 3.63) is 106 Å². The summed E-state index contributed by atoms with van der Waals surface area (Å²) in [5.74, 6) is -1.54. The molecule has 0 saturated carbocycles. The number of carboxylic acids is 2. The maximum Gasteiger partial charge on any atom is 0.336 e. The zero-order valence-corrected chi connectivity index (χ0v) is 22.1. The largest absolute Gasteiger partial charge is 0.489 e. The molecule has 0 saturated heterocycles. The van der Waals surface area contributed by atoms with E-state index in [1.807, 2.05) is 48.1 Å². The first kappa shape index (κ1) is 26.7. The molecule has 0 spiro atoms. The molecule has 3 aromatic carbocycles. The fourth-order valence-corrected chi connectivity index (χ4v) is 4.54. The van der Waals surface area contributed by atoms with E-state index in [2.05, 4.69) is 38.0 Å². The molecule has 0 aliphatic heterocycles. The number of carboxylic acid groups (broad SMARTS) is 2. The average Bonchev–Trinajstić information content (AvgIpc) is 3.39. The molecule has 1 aromatic heterocycles. The molecular weight excluding hydrogens is 480 g/mol. The summed E-state index contributed by atoms with van der Waals surface area (Å²) >= 11 is 0. The minimum absolute atomic E-state index is 0.00925. The third-order valence-electron chi connectivity index (χ3n) is 6.70. The van der Waals surface area contributed by atoms with Gasteiger partial charge in [-0.15, -0.1) is 0 Å². The molecule has 0 radical (unpaired) electrons. The number of aromatic carboxylic acids is 2. The number of aryl methyl sites for hydroxylation is 2. The zero-order chi connectivity index (χ0) is 27.4. The lowest BCUT2D eigenvalue weighted by atomic mass is 9.92. The number of hydrogen-bond donors (Lipinski definition) is 2. The Labute approximate surface area is 222 Å². The third-order valence-corrected chi connectivity index (χ3v) is 6.70. The lowest BCUT2D eigenvalue weighted by Gasteiger charge is -2.17. The number of ether oxygens (including phenoxy) is 1. The number of aromatic nitrogens is 2. The fraction of sp³-hybridized carbons (Fsp3) is 0.258. The van der Waals surface area contributed by atoms with Gasteiger partial charge in [0.1, 0.15) is 12.4 Å². The van der Waals surface area contributed by atoms with E-state index < -0.39 is 11.9 Å². The Kier molecular flexibility index (Phi) is 7.96. The standard InChI is InChI=1S/C31H32N2O5/c1-5-21-7-6-8-22(16-23-9-10-25(30(34)35)17-26(23)31(36)37)27(21)18-38-29-12-11-24(15-20(29)4)28-13-14-33(32-28)19(2)3/h6-15,17,19H,5,16,18H2,1-4H3,(H,34,35)(H,36,37). The highest BCUT2D eigenvalue weighted by atomic mass is 16.5. The second kappa shape index (κ2) is 11.3. The Bertz CT molecular complexity index is 1490. The maximum absolute atomic E-state index is 11.9. The van der Waals surface area contributed by atoms with Crippen molar-refractivity contribution in [2.75, 3.05) is 0 Å². The molecule has 0 aliphatic rings. The van der Waals surface area contributed by atoms with Crippen LogP contribution in [0.5, 0.6) is 5.75 Å². The van der Waals surface area contributed by atoms with E-state index >= 15 is 0 Å². The van der Waals surface area contributed by atoms with Crippen molar-refractivity contribution >= 4 is 11.9 Å². The number of benzene rings is 3. The summed E-state index contributed by atoms with van der Waals surface area (Å²) in [6.45, 7) is 8.60. The van der Waals surface area contributed by atoms with Crippen LogP contribution in [-0.2, 0) is 19.4 Å². The van der Waals surface area contributed by atoms with Gasteiger partial charge in [-0.2, -0.15) is 5.10 Å². The van der Waals surface area contributed by atoms with Crippen molar-refractivity contribution in [3.8, 4) is 17.0 Å². The van der Waals surface area contributed by atoms with Gasteiger partial charge in [0.05, 0.1) is 16.8 Å². The molecule has 1 heterocycles. The summed E-state index contributed by atoms with van der Waals surface area (Å²) in [5, 5.41) is 23.6. The molecule has 4 rings (SSSR count). The van der Waals surface area contributed by atoms with Crippen LogP contribution in [0.3, 0.4) is 0 Å². The topological polar surface area (TPSA) is 102 Å². The summed E-state index contributed by atoms with van der Waals surface area (Å²) in [7, 11) is 0. The van der Waals surface area contributed by atoms with Gasteiger partial charge in [-0.25, -0.2) is 9.59 Å². The number of nitrogens with zero attached hydrogens (tertiary/aromatic N) is 2. The molecule has 0 bridgehead atoms. The van der Waals surface area contributed by atoms with Crippen LogP contribution in [0.15, 0.2) is 66.9 Å². The van der Waals surface area contributed by atoms with Crippen LogP contribution in [0.25, 0.3) is 11.3 Å². The molecule has 0 fully saturated rings. The van der Waals surface area contributed by atoms with Gasteiger partial charge in [0.25, 0.3) is 0 Å². The highest BCUT2D eigenvalue weighted by Gasteiger charge is 2.17. The van der Waals surface area contributed by atoms with Crippen molar-refractivity contribution in [3.63, 3.8) is 0 Å². The van der Waals surface area contributed by atoms with Crippen LogP contribution in [0.4, 0.5) is 0 Å². The van der Waals surface area contributed by atoms with E-state index in [-0.39, 0.29) is 11.1 Å². The molecular formula is C31H32N2O5. The van der Waals surface area contributed by atoms with Crippen LogP contribution in [-0.4, -0.2) is 31.9 Å². The highest BCUT2D eigenvalue weighted by Crippen LogP contribution is 2.28. The fourth-order valence-electron chi connectivity index (χ4n) is 4.54. The van der Waals surface area contributed by atoms with Gasteiger partial charge in [-0.05, 0) is 97.8 Å². The second-order valence-electron chi connectivity index (χ2n) is 9.61. The van der Waals surface area contributed by atoms with Gasteiger partial charge in [-0.1, -0.05) is 31.2 Å². The summed E-state index contributed by atoms with van der Waals surface area (Å²) in [6.07, 6.45) is 3.13. The molecule has 7 heteroatoms. The van der Waals surface area contributed by atoms with Gasteiger partial charge in [0.2, 0.25) is 0 Å². The van der Waals surface area contributed by atoms with Crippen LogP contribution in [0, 0.1) is 6.92 Å². The molecule has 38 heavy (non-hydrogen) atoms. The summed E-state index contributed by atoms with van der Waals surface area (Å²) in [5.41, 5.74) is 6.50. The molecule has 0 aliphatic carbocycles. The SMILES string of the molecule is CCc1cccc(Cc2ccc(C(=O)O)cc2C(=O)O)c1COc1ccc(-c2ccn(C(C)C)n2)cc1C. The molecule has 2 N–H and O–H groups in total. The Morgan fingerprint density at radius 3 is 2.34 bits per heavy atom. The first-order valence-corrected chi connectivity index (χ1v) is 12.7. The average molecular weight is 513 g/mol. The first-order chi connectivity index (χ1) is 18.2. The third kappa shape index (κ3) is 5.78. The van der Waals surface area contributed by atoms with Gasteiger partial charge in [0.15, 0.2) is 0 Å². The Morgan fingerprint density at radius 2 is 1.71 bits per heavy atom. The van der Waals surface area contributed by atoms with Crippen molar-refractivity contribution in [2.24, 2.45) is 0 Å². The zero-order valence-electron chi connectivity index (χ0n) is 22.1. The second-order valence-corrected chi connectivity index (χ2v) is 9.61. The van der Waals surface area contributed by atoms with Crippen molar-refractivity contribution in [1.82, 2.24) is 9.78 Å². The predicted molar refractivity (Wildman–Crippen MR) is 146 cm³/mol. The van der Waals surface area contributed by atoms with Gasteiger partial charge >= 0.3 is 11.9 Å². The van der Waals surface area contributed by atoms with E-state index in [0.29, 0.717) is 24.6 Å². The Hall–Kier alpha value is -4.39. The van der Waals surface area contributed by atoms with Gasteiger partial charge in [-0.3, -0.25) is 4.68 Å². The minimum Gasteiger partial charge on any atom is -0.489 e. The maximum atomic E-state index is 11.9. The lowest BCUT2D eigenvalue weighted by molar-refractivity contribution is 0.0695. The molecule has 196 valence electrons. The number of hydrogen-bond acceptors (Lipinski definition) is 4. The summed E-state index contributed by atoms with van der Waals surface area (Å²) in [4.78, 5) is 23.2. The normalized spacial score (nSPS) is 11.1. The van der Waals surface area contributed by atoms with Crippen LogP contribution in [0.2, 0.25) is 0 Å². The smallest absolute Gasteiger partial charge is 0.336 e. The number of rotatable bonds is 10. The van der Waals surface area contributed by atoms with E-state index in [0.717, 1.165) is 45.7 Å². The first-order valence-electron chi connectivity index (χ1n) is 12.7. The summed E-state index contributed by atoms with van der Waals surface area (Å²) < 4.78 is 8.22. The van der Waals surface area contributed by atoms with Gasteiger partial charge < -0.3 is 14.9 Å². The van der Waals surface area contributed by atoms with E-state index in [4.69, 9.17) is 4.74 Å². The van der Waals surface area contributed by atoms with E-state index in [1.165, 1.54) is 12.1 Å². The number of carbonyl (C=O) groups is 2. The molecule has 0 unspecified atom stereocenters. The Balaban J connectivity index is 1.59. The monoisotopic (exact) mass is 512 g/mol. The van der Waals surface area contributed by atoms with E-state index in [1.54, 1.807) is 6.07 Å². The molecule has 0 amide bonds. The molecule has 4 aromatic rings. The van der Waals surface area contributed by atoms with Crippen molar-refractivity contribution in [2.45, 2.75) is 53.2 Å². The summed E-state index contributed by atoms with van der Waals surface area (Å²) in [6, 6.07) is 18.6. The van der Waals surface area contributed by atoms with Crippen LogP contribution in [0.1, 0.15) is 75.3 Å². The Morgan fingerprint density at radius 1 is 0.947 bits per heavy atom. The van der Waals surface area contributed by atoms with Crippen LogP contribution >= 0.6 is 0 Å². The van der Waals surface area contributed by atoms with E-state index in [9.17, 15) is 19.8 Å². The highest BCUT2D eigenvalue weighted by molar-refractivity contribution is 5.95. The van der Waals surface area contributed by atoms with Crippen molar-refractivity contribution < 1.29 is 24.5 Å².